The number of likely N-dealkylation sites (N-methyl/N-ethyl adjacent to an activating group) is 1. The molecule has 8 heteroatoms. The molecule has 7 nitrogen and oxygen atoms in total. The number of fused-ring (bicyclic) bond motifs is 2. The number of nitrogens with one attached hydrogen (secondary N) is 2. The summed E-state index contributed by atoms with van der Waals surface area (Å²) in [5, 5.41) is 6.66. The van der Waals surface area contributed by atoms with Gasteiger partial charge in [-0.2, -0.15) is 0 Å². The van der Waals surface area contributed by atoms with Crippen molar-refractivity contribution in [2.75, 3.05) is 27.2 Å². The molecule has 2 rings (SSSR count). The summed E-state index contributed by atoms with van der Waals surface area (Å²) in [5.74, 6) is 1.84. The monoisotopic (exact) mass is 494 g/mol. The van der Waals surface area contributed by atoms with E-state index in [-0.39, 0.29) is 48.8 Å². The number of amides is 1. The van der Waals surface area contributed by atoms with Gasteiger partial charge in [-0.05, 0) is 51.9 Å². The lowest BCUT2D eigenvalue weighted by molar-refractivity contribution is -0.154. The van der Waals surface area contributed by atoms with Crippen LogP contribution in [0.5, 0.6) is 0 Å². The quantitative estimate of drug-likeness (QED) is 0.256. The molecule has 3 unspecified atom stereocenters. The van der Waals surface area contributed by atoms with Gasteiger partial charge in [0.05, 0.1) is 6.42 Å². The number of esters is 1. The summed E-state index contributed by atoms with van der Waals surface area (Å²) in [7, 11) is 3.44. The van der Waals surface area contributed by atoms with Crippen LogP contribution in [-0.2, 0) is 14.3 Å². The number of hydrogen-bond donors (Lipinski definition) is 2. The second kappa shape index (κ2) is 10.5. The molecule has 2 saturated carbocycles. The number of nitrogens with zero attached hydrogens (tertiary/aromatic N) is 2. The van der Waals surface area contributed by atoms with E-state index in [1.165, 1.54) is 30.6 Å². The van der Waals surface area contributed by atoms with E-state index in [4.69, 9.17) is 4.74 Å². The van der Waals surface area contributed by atoms with Crippen molar-refractivity contribution in [3.8, 4) is 0 Å². The normalized spacial score (nSPS) is 24.2. The number of halogens is 1. The van der Waals surface area contributed by atoms with Gasteiger partial charge in [0.2, 0.25) is 5.91 Å². The minimum absolute atomic E-state index is 0. The van der Waals surface area contributed by atoms with Gasteiger partial charge in [0.25, 0.3) is 0 Å². The molecular weight excluding hydrogens is 459 g/mol. The van der Waals surface area contributed by atoms with E-state index >= 15 is 0 Å². The second-order valence-electron chi connectivity index (χ2n) is 8.64. The molecule has 27 heavy (non-hydrogen) atoms. The maximum atomic E-state index is 11.9. The van der Waals surface area contributed by atoms with E-state index in [2.05, 4.69) is 15.6 Å². The Morgan fingerprint density at radius 3 is 2.41 bits per heavy atom. The van der Waals surface area contributed by atoms with Crippen LogP contribution in [0.3, 0.4) is 0 Å². The Hall–Kier alpha value is -1.06. The highest BCUT2D eigenvalue weighted by Crippen LogP contribution is 2.44. The number of carbonyl (C=O) groups excluding carboxylic acids is 2. The Morgan fingerprint density at radius 2 is 1.89 bits per heavy atom. The predicted molar refractivity (Wildman–Crippen MR) is 117 cm³/mol. The van der Waals surface area contributed by atoms with Gasteiger partial charge in [-0.1, -0.05) is 6.42 Å². The van der Waals surface area contributed by atoms with Crippen molar-refractivity contribution in [2.24, 2.45) is 16.8 Å². The molecule has 0 saturated heterocycles. The minimum atomic E-state index is -0.479. The number of hydrogen-bond acceptors (Lipinski definition) is 4. The zero-order valence-electron chi connectivity index (χ0n) is 17.2. The van der Waals surface area contributed by atoms with Crippen molar-refractivity contribution in [3.05, 3.63) is 0 Å². The molecule has 1 amide bonds. The Labute approximate surface area is 180 Å². The lowest BCUT2D eigenvalue weighted by atomic mass is 9.95. The van der Waals surface area contributed by atoms with E-state index < -0.39 is 5.60 Å². The van der Waals surface area contributed by atoms with Gasteiger partial charge >= 0.3 is 5.97 Å². The summed E-state index contributed by atoms with van der Waals surface area (Å²) in [4.78, 5) is 29.6. The van der Waals surface area contributed by atoms with E-state index in [0.717, 1.165) is 5.92 Å². The van der Waals surface area contributed by atoms with Crippen LogP contribution in [0.4, 0.5) is 0 Å². The van der Waals surface area contributed by atoms with Crippen molar-refractivity contribution in [2.45, 2.75) is 64.5 Å². The van der Waals surface area contributed by atoms with Gasteiger partial charge in [-0.15, -0.1) is 24.0 Å². The lowest BCUT2D eigenvalue weighted by Gasteiger charge is -2.25. The van der Waals surface area contributed by atoms with Gasteiger partial charge in [0, 0.05) is 26.7 Å². The molecule has 0 aliphatic heterocycles. The second-order valence-corrected chi connectivity index (χ2v) is 8.64. The van der Waals surface area contributed by atoms with Crippen molar-refractivity contribution in [1.82, 2.24) is 15.5 Å². The van der Waals surface area contributed by atoms with Crippen LogP contribution < -0.4 is 10.6 Å². The molecule has 2 aliphatic rings. The first-order chi connectivity index (χ1) is 12.1. The minimum Gasteiger partial charge on any atom is -0.460 e. The van der Waals surface area contributed by atoms with E-state index in [1.807, 2.05) is 20.8 Å². The van der Waals surface area contributed by atoms with E-state index in [9.17, 15) is 9.59 Å². The third-order valence-corrected chi connectivity index (χ3v) is 4.97. The average molecular weight is 494 g/mol. The maximum absolute atomic E-state index is 11.9. The lowest BCUT2D eigenvalue weighted by Crippen LogP contribution is -2.46. The molecule has 2 aliphatic carbocycles. The van der Waals surface area contributed by atoms with Crippen LogP contribution in [0.15, 0.2) is 4.99 Å². The van der Waals surface area contributed by atoms with Crippen LogP contribution in [0, 0.1) is 11.8 Å². The molecule has 0 spiro atoms. The highest BCUT2D eigenvalue weighted by Gasteiger charge is 2.39. The molecular formula is C19H35IN4O3. The van der Waals surface area contributed by atoms with Gasteiger partial charge in [0.1, 0.15) is 12.1 Å². The number of guanidine groups is 1. The largest absolute Gasteiger partial charge is 0.460 e. The molecule has 0 aromatic carbocycles. The number of rotatable bonds is 6. The number of carbonyl (C=O) groups is 2. The van der Waals surface area contributed by atoms with Crippen molar-refractivity contribution in [1.29, 1.82) is 0 Å². The summed E-state index contributed by atoms with van der Waals surface area (Å²) in [5.41, 5.74) is -0.479. The topological polar surface area (TPSA) is 83.0 Å². The maximum Gasteiger partial charge on any atom is 0.308 e. The molecule has 2 bridgehead atoms. The molecule has 0 aromatic rings. The van der Waals surface area contributed by atoms with Gasteiger partial charge in [-0.25, -0.2) is 4.99 Å². The van der Waals surface area contributed by atoms with E-state index in [1.54, 1.807) is 14.1 Å². The SMILES string of the molecule is CN(C)C(=O)CN=C(NCCC(=O)OC(C)(C)C)NC1CC2CCC1C2.I. The van der Waals surface area contributed by atoms with Crippen LogP contribution in [-0.4, -0.2) is 61.6 Å². The molecule has 3 atom stereocenters. The van der Waals surface area contributed by atoms with Gasteiger partial charge in [0.15, 0.2) is 5.96 Å². The third kappa shape index (κ3) is 8.23. The Bertz CT molecular complexity index is 546. The average Bonchev–Trinajstić information content (AvgIpc) is 3.12. The molecule has 156 valence electrons. The Balaban J connectivity index is 0.00000364. The van der Waals surface area contributed by atoms with Crippen molar-refractivity contribution < 1.29 is 14.3 Å². The third-order valence-electron chi connectivity index (χ3n) is 4.97. The van der Waals surface area contributed by atoms with Crippen LogP contribution in [0.1, 0.15) is 52.9 Å². The first-order valence-corrected chi connectivity index (χ1v) is 9.61. The zero-order valence-corrected chi connectivity index (χ0v) is 19.5. The van der Waals surface area contributed by atoms with E-state index in [0.29, 0.717) is 24.5 Å². The summed E-state index contributed by atoms with van der Waals surface area (Å²) in [6.07, 6.45) is 5.32. The van der Waals surface area contributed by atoms with Crippen LogP contribution >= 0.6 is 24.0 Å². The van der Waals surface area contributed by atoms with Crippen molar-refractivity contribution in [3.63, 3.8) is 0 Å². The standard InChI is InChI=1S/C19H34N4O3.HI/c1-19(2,3)26-17(25)8-9-20-18(21-12-16(24)23(4)5)22-15-11-13-6-7-14(15)10-13;/h13-15H,6-12H2,1-5H3,(H2,20,21,22);1H. The molecule has 2 fully saturated rings. The fourth-order valence-electron chi connectivity index (χ4n) is 3.71. The highest BCUT2D eigenvalue weighted by molar-refractivity contribution is 14.0. The first-order valence-electron chi connectivity index (χ1n) is 9.61. The van der Waals surface area contributed by atoms with Gasteiger partial charge < -0.3 is 20.3 Å². The Morgan fingerprint density at radius 1 is 1.19 bits per heavy atom. The smallest absolute Gasteiger partial charge is 0.308 e. The molecule has 0 radical (unpaired) electrons. The Kier molecular flexibility index (Phi) is 9.30. The van der Waals surface area contributed by atoms with Crippen molar-refractivity contribution >= 4 is 41.8 Å². The summed E-state index contributed by atoms with van der Waals surface area (Å²) < 4.78 is 5.32. The molecule has 2 N–H and O–H groups in total. The summed E-state index contributed by atoms with van der Waals surface area (Å²) >= 11 is 0. The molecule has 0 aromatic heterocycles. The predicted octanol–water partition coefficient (Wildman–Crippen LogP) is 2.15. The van der Waals surface area contributed by atoms with Gasteiger partial charge in [-0.3, -0.25) is 9.59 Å². The zero-order chi connectivity index (χ0) is 19.3. The molecule has 0 heterocycles. The fraction of sp³-hybridized carbons (Fsp3) is 0.842. The number of aliphatic imine (C=N–C) groups is 1. The van der Waals surface area contributed by atoms with Crippen LogP contribution in [0.25, 0.3) is 0 Å². The fourth-order valence-corrected chi connectivity index (χ4v) is 3.71. The van der Waals surface area contributed by atoms with Crippen LogP contribution in [0.2, 0.25) is 0 Å². The summed E-state index contributed by atoms with van der Waals surface area (Å²) in [6.45, 7) is 6.09. The first kappa shape index (κ1) is 24.0. The number of ether oxygens (including phenoxy) is 1. The highest BCUT2D eigenvalue weighted by atomic mass is 127. The summed E-state index contributed by atoms with van der Waals surface area (Å²) in [6, 6.07) is 0.413.